The average molecular weight is 413 g/mol. The molecule has 2 nitrogen and oxygen atoms in total. The quantitative estimate of drug-likeness (QED) is 0.454. The van der Waals surface area contributed by atoms with Gasteiger partial charge in [-0.1, -0.05) is 79.7 Å². The van der Waals surface area contributed by atoms with Crippen LogP contribution >= 0.6 is 0 Å². The summed E-state index contributed by atoms with van der Waals surface area (Å²) in [4.78, 5) is 0. The van der Waals surface area contributed by atoms with E-state index in [2.05, 4.69) is 86.6 Å². The average Bonchev–Trinajstić information content (AvgIpc) is 3.34. The second kappa shape index (κ2) is 7.18. The molecular weight excluding hydrogens is 378 g/mol. The van der Waals surface area contributed by atoms with Gasteiger partial charge in [0.15, 0.2) is 0 Å². The van der Waals surface area contributed by atoms with Crippen LogP contribution in [-0.4, -0.2) is 29.2 Å². The number of quaternary nitrogens is 1. The maximum atomic E-state index is 6.69. The number of nitrogens with zero attached hydrogens (tertiary/aromatic N) is 1. The minimum Gasteiger partial charge on any atom is -0.367 e. The molecule has 1 aliphatic carbocycles. The summed E-state index contributed by atoms with van der Waals surface area (Å²) in [6.45, 7) is 9.48. The summed E-state index contributed by atoms with van der Waals surface area (Å²) in [5.41, 5.74) is 3.15. The van der Waals surface area contributed by atoms with Crippen molar-refractivity contribution in [3.05, 3.63) is 83.9 Å². The lowest BCUT2D eigenvalue weighted by atomic mass is 9.80. The Balaban J connectivity index is 1.35. The molecule has 0 N–H and O–H groups in total. The lowest BCUT2D eigenvalue weighted by Gasteiger charge is -2.44. The van der Waals surface area contributed by atoms with Gasteiger partial charge in [-0.3, -0.25) is 0 Å². The van der Waals surface area contributed by atoms with Gasteiger partial charge in [0.05, 0.1) is 13.2 Å². The molecule has 0 bridgehead atoms. The SMILES string of the molecule is C[C@@H]1C[N@@+]2(Cc3cccc4ccccc34)C[C@H](OCc3ccccc3)[C@H]3CC[C@@H]1[C@]32C. The van der Waals surface area contributed by atoms with Crippen LogP contribution < -0.4 is 0 Å². The van der Waals surface area contributed by atoms with E-state index in [1.807, 2.05) is 0 Å². The van der Waals surface area contributed by atoms with E-state index in [0.717, 1.165) is 31.5 Å². The van der Waals surface area contributed by atoms with E-state index >= 15 is 0 Å². The lowest BCUT2D eigenvalue weighted by molar-refractivity contribution is -0.966. The van der Waals surface area contributed by atoms with Crippen LogP contribution in [0.4, 0.5) is 0 Å². The largest absolute Gasteiger partial charge is 0.367 e. The van der Waals surface area contributed by atoms with Gasteiger partial charge in [-0.25, -0.2) is 0 Å². The molecule has 6 atom stereocenters. The molecule has 0 radical (unpaired) electrons. The first-order valence-electron chi connectivity index (χ1n) is 12.1. The minimum atomic E-state index is 0.345. The van der Waals surface area contributed by atoms with Gasteiger partial charge in [-0.15, -0.1) is 0 Å². The maximum Gasteiger partial charge on any atom is 0.116 e. The van der Waals surface area contributed by atoms with Gasteiger partial charge in [0.2, 0.25) is 0 Å². The van der Waals surface area contributed by atoms with Crippen LogP contribution in [0.1, 0.15) is 37.8 Å². The number of rotatable bonds is 5. The maximum absolute atomic E-state index is 6.69. The molecule has 3 fully saturated rings. The molecule has 31 heavy (non-hydrogen) atoms. The van der Waals surface area contributed by atoms with Crippen molar-refractivity contribution < 1.29 is 9.22 Å². The van der Waals surface area contributed by atoms with Crippen LogP contribution in [-0.2, 0) is 17.9 Å². The van der Waals surface area contributed by atoms with Crippen molar-refractivity contribution in [2.75, 3.05) is 13.1 Å². The Morgan fingerprint density at radius 2 is 1.61 bits per heavy atom. The minimum absolute atomic E-state index is 0.345. The molecule has 2 aliphatic heterocycles. The fourth-order valence-electron chi connectivity index (χ4n) is 7.97. The number of fused-ring (bicyclic) bond motifs is 1. The molecule has 0 aromatic heterocycles. The molecule has 2 heterocycles. The fraction of sp³-hybridized carbons (Fsp3) is 0.448. The monoisotopic (exact) mass is 412 g/mol. The fourth-order valence-corrected chi connectivity index (χ4v) is 7.97. The highest BCUT2D eigenvalue weighted by molar-refractivity contribution is 5.85. The summed E-state index contributed by atoms with van der Waals surface area (Å²) >= 11 is 0. The van der Waals surface area contributed by atoms with Crippen LogP contribution in [0, 0.1) is 17.8 Å². The van der Waals surface area contributed by atoms with Gasteiger partial charge in [-0.05, 0) is 36.1 Å². The van der Waals surface area contributed by atoms with Crippen LogP contribution in [0.5, 0.6) is 0 Å². The molecule has 3 aliphatic rings. The van der Waals surface area contributed by atoms with Crippen LogP contribution in [0.15, 0.2) is 72.8 Å². The molecule has 3 aromatic carbocycles. The third-order valence-electron chi connectivity index (χ3n) is 9.27. The third kappa shape index (κ3) is 2.84. The van der Waals surface area contributed by atoms with E-state index < -0.39 is 0 Å². The summed E-state index contributed by atoms with van der Waals surface area (Å²) in [7, 11) is 0. The summed E-state index contributed by atoms with van der Waals surface area (Å²) in [5, 5.41) is 2.80. The van der Waals surface area contributed by atoms with Crippen molar-refractivity contribution in [2.45, 2.75) is 51.5 Å². The summed E-state index contributed by atoms with van der Waals surface area (Å²) < 4.78 is 7.91. The Labute approximate surface area is 186 Å². The van der Waals surface area contributed by atoms with Crippen molar-refractivity contribution in [2.24, 2.45) is 17.8 Å². The van der Waals surface area contributed by atoms with Crippen molar-refractivity contribution in [1.29, 1.82) is 0 Å². The molecule has 160 valence electrons. The van der Waals surface area contributed by atoms with Crippen molar-refractivity contribution >= 4 is 10.8 Å². The third-order valence-corrected chi connectivity index (χ3v) is 9.27. The van der Waals surface area contributed by atoms with Crippen molar-refractivity contribution in [1.82, 2.24) is 0 Å². The highest BCUT2D eigenvalue weighted by atomic mass is 16.5. The highest BCUT2D eigenvalue weighted by Gasteiger charge is 2.73. The second-order valence-electron chi connectivity index (χ2n) is 10.6. The first kappa shape index (κ1) is 19.5. The van der Waals surface area contributed by atoms with Gasteiger partial charge >= 0.3 is 0 Å². The molecule has 1 saturated carbocycles. The smallest absolute Gasteiger partial charge is 0.116 e. The molecular formula is C29H34NO+. The van der Waals surface area contributed by atoms with E-state index in [1.165, 1.54) is 45.8 Å². The molecule has 0 spiro atoms. The van der Waals surface area contributed by atoms with E-state index in [1.54, 1.807) is 0 Å². The van der Waals surface area contributed by atoms with Gasteiger partial charge < -0.3 is 9.22 Å². The van der Waals surface area contributed by atoms with E-state index in [9.17, 15) is 0 Å². The molecule has 3 aromatic rings. The molecule has 0 amide bonds. The summed E-state index contributed by atoms with van der Waals surface area (Å²) in [6, 6.07) is 26.5. The van der Waals surface area contributed by atoms with Crippen LogP contribution in [0.3, 0.4) is 0 Å². The van der Waals surface area contributed by atoms with E-state index in [4.69, 9.17) is 4.74 Å². The van der Waals surface area contributed by atoms with Gasteiger partial charge in [-0.2, -0.15) is 0 Å². The summed E-state index contributed by atoms with van der Waals surface area (Å²) in [5.74, 6) is 2.32. The Morgan fingerprint density at radius 3 is 2.48 bits per heavy atom. The predicted octanol–water partition coefficient (Wildman–Crippen LogP) is 6.19. The predicted molar refractivity (Wildman–Crippen MR) is 126 cm³/mol. The van der Waals surface area contributed by atoms with Gasteiger partial charge in [0.25, 0.3) is 0 Å². The Kier molecular flexibility index (Phi) is 4.52. The Morgan fingerprint density at radius 1 is 0.871 bits per heavy atom. The van der Waals surface area contributed by atoms with Crippen LogP contribution in [0.2, 0.25) is 0 Å². The lowest BCUT2D eigenvalue weighted by Crippen LogP contribution is -2.57. The van der Waals surface area contributed by atoms with Crippen molar-refractivity contribution in [3.8, 4) is 0 Å². The Bertz CT molecular complexity index is 1090. The topological polar surface area (TPSA) is 9.23 Å². The zero-order valence-electron chi connectivity index (χ0n) is 18.8. The molecule has 0 unspecified atom stereocenters. The van der Waals surface area contributed by atoms with E-state index in [0.29, 0.717) is 17.6 Å². The van der Waals surface area contributed by atoms with Gasteiger partial charge in [0.1, 0.15) is 24.7 Å². The summed E-state index contributed by atoms with van der Waals surface area (Å²) in [6.07, 6.45) is 3.08. The number of hydrogen-bond donors (Lipinski definition) is 0. The number of ether oxygens (including phenoxy) is 1. The molecule has 2 saturated heterocycles. The zero-order valence-corrected chi connectivity index (χ0v) is 18.8. The Hall–Kier alpha value is -2.16. The molecule has 6 rings (SSSR count). The zero-order chi connectivity index (χ0) is 21.1. The van der Waals surface area contributed by atoms with Gasteiger partial charge in [0, 0.05) is 23.3 Å². The number of hydrogen-bond acceptors (Lipinski definition) is 1. The van der Waals surface area contributed by atoms with Crippen LogP contribution in [0.25, 0.3) is 10.8 Å². The second-order valence-corrected chi connectivity index (χ2v) is 10.6. The number of benzene rings is 3. The first-order valence-corrected chi connectivity index (χ1v) is 12.1. The standard InChI is InChI=1S/C29H34NO/c1-21-17-30(18-24-13-8-12-23-11-6-7-14-25(23)24)19-28(27-16-15-26(21)29(27,30)2)31-20-22-9-4-3-5-10-22/h3-14,21,26-28H,15-20H2,1-2H3/q+1/t21-,26+,27-,28+,29-,30-/m1/s1. The first-order chi connectivity index (χ1) is 15.1. The highest BCUT2D eigenvalue weighted by Crippen LogP contribution is 2.63. The van der Waals surface area contributed by atoms with Crippen molar-refractivity contribution in [3.63, 3.8) is 0 Å². The van der Waals surface area contributed by atoms with E-state index in [-0.39, 0.29) is 0 Å². The normalized spacial score (nSPS) is 36.2. The molecule has 2 heteroatoms.